The molecule has 7 nitrogen and oxygen atoms in total. The third kappa shape index (κ3) is 3.15. The zero-order valence-corrected chi connectivity index (χ0v) is 16.8. The van der Waals surface area contributed by atoms with Gasteiger partial charge < -0.3 is 19.7 Å². The zero-order chi connectivity index (χ0) is 20.2. The summed E-state index contributed by atoms with van der Waals surface area (Å²) >= 11 is 0. The van der Waals surface area contributed by atoms with E-state index in [1.807, 2.05) is 24.3 Å². The number of benzene rings is 1. The van der Waals surface area contributed by atoms with Gasteiger partial charge in [-0.15, -0.1) is 0 Å². The van der Waals surface area contributed by atoms with Crippen molar-refractivity contribution in [3.63, 3.8) is 0 Å². The number of fused-ring (bicyclic) bond motifs is 2. The predicted molar refractivity (Wildman–Crippen MR) is 116 cm³/mol. The monoisotopic (exact) mass is 401 g/mol. The Hall–Kier alpha value is -3.19. The Labute approximate surface area is 173 Å². The molecule has 0 amide bonds. The molecule has 1 saturated heterocycles. The summed E-state index contributed by atoms with van der Waals surface area (Å²) in [5.41, 5.74) is 4.24. The van der Waals surface area contributed by atoms with Gasteiger partial charge in [0, 0.05) is 43.7 Å². The van der Waals surface area contributed by atoms with Crippen molar-refractivity contribution >= 4 is 28.0 Å². The molecule has 7 heteroatoms. The van der Waals surface area contributed by atoms with Crippen molar-refractivity contribution in [1.82, 2.24) is 20.3 Å². The van der Waals surface area contributed by atoms with Gasteiger partial charge in [-0.3, -0.25) is 0 Å². The van der Waals surface area contributed by atoms with Crippen LogP contribution < -0.4 is 10.2 Å². The fourth-order valence-corrected chi connectivity index (χ4v) is 4.30. The molecular weight excluding hydrogens is 378 g/mol. The van der Waals surface area contributed by atoms with Crippen LogP contribution >= 0.6 is 0 Å². The van der Waals surface area contributed by atoms with Crippen LogP contribution in [0.4, 0.5) is 5.82 Å². The Morgan fingerprint density at radius 2 is 1.80 bits per heavy atom. The number of anilines is 1. The van der Waals surface area contributed by atoms with Gasteiger partial charge in [0.2, 0.25) is 0 Å². The summed E-state index contributed by atoms with van der Waals surface area (Å²) in [5.74, 6) is 1.71. The number of hydrogen-bond acceptors (Lipinski definition) is 7. The van der Waals surface area contributed by atoms with E-state index in [2.05, 4.69) is 15.2 Å². The maximum Gasteiger partial charge on any atom is 0.192 e. The molecule has 1 unspecified atom stereocenters. The Morgan fingerprint density at radius 3 is 2.67 bits per heavy atom. The van der Waals surface area contributed by atoms with Crippen molar-refractivity contribution in [2.24, 2.45) is 0 Å². The van der Waals surface area contributed by atoms with E-state index < -0.39 is 0 Å². The topological polar surface area (TPSA) is 87.3 Å². The molecule has 0 spiro atoms. The summed E-state index contributed by atoms with van der Waals surface area (Å²) in [5, 5.41) is 14.2. The smallest absolute Gasteiger partial charge is 0.192 e. The second-order valence-corrected chi connectivity index (χ2v) is 8.35. The molecule has 2 aliphatic rings. The summed E-state index contributed by atoms with van der Waals surface area (Å²) in [6.45, 7) is 3.82. The van der Waals surface area contributed by atoms with Crippen LogP contribution in [0.3, 0.4) is 0 Å². The van der Waals surface area contributed by atoms with Gasteiger partial charge in [-0.2, -0.15) is 0 Å². The summed E-state index contributed by atoms with van der Waals surface area (Å²) < 4.78 is 5.61. The molecule has 1 aromatic carbocycles. The van der Waals surface area contributed by atoms with Crippen LogP contribution in [0.1, 0.15) is 25.2 Å². The van der Waals surface area contributed by atoms with Gasteiger partial charge in [-0.25, -0.2) is 15.0 Å². The number of aromatic hydroxyl groups is 1. The second kappa shape index (κ2) is 6.67. The first-order valence-corrected chi connectivity index (χ1v) is 10.5. The summed E-state index contributed by atoms with van der Waals surface area (Å²) in [6, 6.07) is 12.6. The molecule has 1 aliphatic carbocycles. The maximum absolute atomic E-state index is 10.5. The summed E-state index contributed by atoms with van der Waals surface area (Å²) in [4.78, 5) is 16.2. The molecule has 1 saturated carbocycles. The average molecular weight is 401 g/mol. The molecule has 1 aliphatic heterocycles. The van der Waals surface area contributed by atoms with Gasteiger partial charge in [0.05, 0.1) is 16.7 Å². The van der Waals surface area contributed by atoms with Crippen LogP contribution in [-0.4, -0.2) is 45.2 Å². The van der Waals surface area contributed by atoms with E-state index in [-0.39, 0.29) is 5.75 Å². The first-order valence-electron chi connectivity index (χ1n) is 10.5. The van der Waals surface area contributed by atoms with Crippen molar-refractivity contribution in [3.05, 3.63) is 42.3 Å². The minimum Gasteiger partial charge on any atom is -0.507 e. The van der Waals surface area contributed by atoms with E-state index in [1.54, 1.807) is 19.1 Å². The summed E-state index contributed by atoms with van der Waals surface area (Å²) in [7, 11) is 0. The van der Waals surface area contributed by atoms with Crippen molar-refractivity contribution in [2.45, 2.75) is 38.3 Å². The highest BCUT2D eigenvalue weighted by atomic mass is 16.3. The maximum atomic E-state index is 10.5. The summed E-state index contributed by atoms with van der Waals surface area (Å²) in [6.07, 6.45) is 3.80. The molecular formula is C23H23N5O2. The van der Waals surface area contributed by atoms with Crippen LogP contribution in [0.2, 0.25) is 0 Å². The van der Waals surface area contributed by atoms with Crippen molar-refractivity contribution in [2.75, 3.05) is 18.0 Å². The fraction of sp³-hybridized carbons (Fsp3) is 0.348. The van der Waals surface area contributed by atoms with Crippen molar-refractivity contribution in [3.8, 4) is 17.0 Å². The molecule has 1 atom stereocenters. The number of aryl methyl sites for hydroxylation is 1. The van der Waals surface area contributed by atoms with Gasteiger partial charge in [0.25, 0.3) is 0 Å². The standard InChI is InChI=1S/C23H23N5O2/c1-13-24-20-11-21(29)16(10-22(20)30-13)17-4-5-19-18(26-17)6-7-23(27-19)28-9-8-15(12-28)25-14-2-3-14/h4-7,10-11,14-15,25,29H,2-3,8-9,12H2,1H3. The Morgan fingerprint density at radius 1 is 0.967 bits per heavy atom. The Balaban J connectivity index is 1.30. The minimum absolute atomic E-state index is 0.138. The van der Waals surface area contributed by atoms with Gasteiger partial charge in [-0.1, -0.05) is 0 Å². The van der Waals surface area contributed by atoms with Crippen molar-refractivity contribution < 1.29 is 9.52 Å². The lowest BCUT2D eigenvalue weighted by Crippen LogP contribution is -2.34. The molecule has 6 rings (SSSR count). The number of phenols is 1. The van der Waals surface area contributed by atoms with Crippen LogP contribution in [0, 0.1) is 6.92 Å². The molecule has 2 fully saturated rings. The van der Waals surface area contributed by atoms with E-state index in [9.17, 15) is 5.11 Å². The SMILES string of the molecule is Cc1nc2cc(O)c(-c3ccc4nc(N5CCC(NC6CC6)C5)ccc4n3)cc2o1. The number of pyridine rings is 2. The third-order valence-electron chi connectivity index (χ3n) is 5.98. The highest BCUT2D eigenvalue weighted by Crippen LogP contribution is 2.33. The Bertz CT molecular complexity index is 1260. The highest BCUT2D eigenvalue weighted by molar-refractivity contribution is 5.86. The number of nitrogens with one attached hydrogen (secondary N) is 1. The van der Waals surface area contributed by atoms with Gasteiger partial charge in [0.1, 0.15) is 17.1 Å². The lowest BCUT2D eigenvalue weighted by molar-refractivity contribution is 0.477. The molecule has 152 valence electrons. The lowest BCUT2D eigenvalue weighted by Gasteiger charge is -2.18. The van der Waals surface area contributed by atoms with E-state index in [4.69, 9.17) is 14.4 Å². The van der Waals surface area contributed by atoms with Crippen molar-refractivity contribution in [1.29, 1.82) is 0 Å². The third-order valence-corrected chi connectivity index (χ3v) is 5.98. The molecule has 4 heterocycles. The number of hydrogen-bond donors (Lipinski definition) is 2. The van der Waals surface area contributed by atoms with Crippen LogP contribution in [0.5, 0.6) is 5.75 Å². The molecule has 3 aromatic heterocycles. The van der Waals surface area contributed by atoms with E-state index >= 15 is 0 Å². The zero-order valence-electron chi connectivity index (χ0n) is 16.8. The second-order valence-electron chi connectivity index (χ2n) is 8.35. The van der Waals surface area contributed by atoms with Crippen LogP contribution in [0.15, 0.2) is 40.8 Å². The minimum atomic E-state index is 0.138. The normalized spacial score (nSPS) is 19.2. The average Bonchev–Trinajstić information content (AvgIpc) is 3.30. The van der Waals surface area contributed by atoms with Gasteiger partial charge in [0.15, 0.2) is 11.5 Å². The lowest BCUT2D eigenvalue weighted by atomic mass is 10.1. The first kappa shape index (κ1) is 17.7. The number of phenolic OH excluding ortho intramolecular Hbond substituents is 1. The van der Waals surface area contributed by atoms with E-state index in [1.165, 1.54) is 12.8 Å². The molecule has 30 heavy (non-hydrogen) atoms. The predicted octanol–water partition coefficient (Wildman–Crippen LogP) is 3.78. The van der Waals surface area contributed by atoms with Crippen LogP contribution in [-0.2, 0) is 0 Å². The van der Waals surface area contributed by atoms with E-state index in [0.29, 0.717) is 34.3 Å². The van der Waals surface area contributed by atoms with Crippen LogP contribution in [0.25, 0.3) is 33.4 Å². The Kier molecular flexibility index (Phi) is 3.92. The van der Waals surface area contributed by atoms with E-state index in [0.717, 1.165) is 42.4 Å². The molecule has 0 radical (unpaired) electrons. The highest BCUT2D eigenvalue weighted by Gasteiger charge is 2.29. The largest absolute Gasteiger partial charge is 0.507 e. The van der Waals surface area contributed by atoms with Gasteiger partial charge in [-0.05, 0) is 49.6 Å². The number of oxazole rings is 1. The molecule has 2 N–H and O–H groups in total. The number of rotatable bonds is 4. The van der Waals surface area contributed by atoms with Gasteiger partial charge >= 0.3 is 0 Å². The number of nitrogens with zero attached hydrogens (tertiary/aromatic N) is 4. The quantitative estimate of drug-likeness (QED) is 0.538. The first-order chi connectivity index (χ1) is 14.6. The molecule has 0 bridgehead atoms. The fourth-order valence-electron chi connectivity index (χ4n) is 4.30. The number of aromatic nitrogens is 3. The molecule has 4 aromatic rings.